The molecule has 2 aromatic rings. The fourth-order valence-electron chi connectivity index (χ4n) is 1.77. The fraction of sp³-hybridized carbons (Fsp3) is 0.417. The van der Waals surface area contributed by atoms with Crippen molar-refractivity contribution in [2.75, 3.05) is 29.3 Å². The number of hydrogen-bond donors (Lipinski definition) is 4. The van der Waals surface area contributed by atoms with E-state index >= 15 is 0 Å². The summed E-state index contributed by atoms with van der Waals surface area (Å²) in [7, 11) is 0. The van der Waals surface area contributed by atoms with Crippen molar-refractivity contribution in [1.82, 2.24) is 15.3 Å². The van der Waals surface area contributed by atoms with Crippen molar-refractivity contribution < 1.29 is 8.76 Å². The quantitative estimate of drug-likeness (QED) is 0.634. The van der Waals surface area contributed by atoms with E-state index in [0.717, 1.165) is 16.6 Å². The Labute approximate surface area is 124 Å². The van der Waals surface area contributed by atoms with Crippen molar-refractivity contribution in [3.05, 3.63) is 23.8 Å². The highest BCUT2D eigenvalue weighted by Crippen LogP contribution is 2.15. The second-order valence-corrected chi connectivity index (χ2v) is 6.25. The Morgan fingerprint density at radius 1 is 1.40 bits per heavy atom. The van der Waals surface area contributed by atoms with Gasteiger partial charge in [0.15, 0.2) is 0 Å². The summed E-state index contributed by atoms with van der Waals surface area (Å²) < 4.78 is 21.3. The zero-order valence-corrected chi connectivity index (χ0v) is 12.8. The molecule has 4 N–H and O–H groups in total. The van der Waals surface area contributed by atoms with Crippen molar-refractivity contribution in [3.63, 3.8) is 0 Å². The molecule has 0 saturated carbocycles. The molecule has 3 rings (SSSR count). The van der Waals surface area contributed by atoms with Gasteiger partial charge in [0.05, 0.1) is 11.0 Å². The second kappa shape index (κ2) is 7.63. The Morgan fingerprint density at radius 3 is 2.70 bits per heavy atom. The maximum atomic E-state index is 10.5. The van der Waals surface area contributed by atoms with Crippen LogP contribution in [-0.4, -0.2) is 43.3 Å². The number of imidazole rings is 1. The lowest BCUT2D eigenvalue weighted by molar-refractivity contribution is 0.570. The molecular weight excluding hydrogens is 296 g/mol. The van der Waals surface area contributed by atoms with Crippen molar-refractivity contribution in [2.24, 2.45) is 0 Å². The molecule has 1 unspecified atom stereocenters. The van der Waals surface area contributed by atoms with E-state index in [9.17, 15) is 4.21 Å². The highest BCUT2D eigenvalue weighted by atomic mass is 32.2. The molecule has 2 heterocycles. The molecule has 1 fully saturated rings. The number of nitrogens with one attached hydrogen (secondary N) is 3. The van der Waals surface area contributed by atoms with E-state index in [1.807, 2.05) is 36.9 Å². The monoisotopic (exact) mass is 314 g/mol. The fourth-order valence-corrected chi connectivity index (χ4v) is 2.81. The topological polar surface area (TPSA) is 90.0 Å². The highest BCUT2D eigenvalue weighted by Gasteiger charge is 2.03. The SMILES string of the molecule is C1CSCCN1.Cc1ccc2nc(NS(=O)O)[nH]c2c1. The van der Waals surface area contributed by atoms with Gasteiger partial charge in [-0.05, 0) is 24.6 Å². The zero-order valence-electron chi connectivity index (χ0n) is 11.2. The number of anilines is 1. The molecule has 1 aromatic heterocycles. The Morgan fingerprint density at radius 2 is 2.15 bits per heavy atom. The molecule has 0 radical (unpaired) electrons. The van der Waals surface area contributed by atoms with Crippen LogP contribution in [0.15, 0.2) is 18.2 Å². The first-order valence-electron chi connectivity index (χ1n) is 6.27. The Balaban J connectivity index is 0.000000205. The summed E-state index contributed by atoms with van der Waals surface area (Å²) in [6.45, 7) is 4.40. The van der Waals surface area contributed by atoms with E-state index < -0.39 is 11.3 Å². The van der Waals surface area contributed by atoms with Gasteiger partial charge in [-0.2, -0.15) is 11.8 Å². The van der Waals surface area contributed by atoms with Crippen LogP contribution in [0.2, 0.25) is 0 Å². The molecule has 0 aliphatic carbocycles. The average Bonchev–Trinajstić information content (AvgIpc) is 2.81. The predicted octanol–water partition coefficient (Wildman–Crippen LogP) is 1.74. The summed E-state index contributed by atoms with van der Waals surface area (Å²) in [4.78, 5) is 6.97. The largest absolute Gasteiger partial charge is 0.323 e. The van der Waals surface area contributed by atoms with Gasteiger partial charge in [0.25, 0.3) is 11.3 Å². The summed E-state index contributed by atoms with van der Waals surface area (Å²) in [5.41, 5.74) is 2.72. The minimum absolute atomic E-state index is 0.298. The summed E-state index contributed by atoms with van der Waals surface area (Å²) in [6, 6.07) is 5.71. The number of aryl methyl sites for hydroxylation is 1. The number of thioether (sulfide) groups is 1. The van der Waals surface area contributed by atoms with Crippen molar-refractivity contribution >= 4 is 40.0 Å². The zero-order chi connectivity index (χ0) is 14.4. The van der Waals surface area contributed by atoms with Gasteiger partial charge >= 0.3 is 0 Å². The molecule has 1 aliphatic rings. The van der Waals surface area contributed by atoms with Gasteiger partial charge in [-0.15, -0.1) is 0 Å². The van der Waals surface area contributed by atoms with Crippen LogP contribution < -0.4 is 10.0 Å². The molecule has 110 valence electrons. The number of rotatable bonds is 2. The molecule has 0 bridgehead atoms. The third-order valence-corrected chi connectivity index (χ3v) is 4.02. The van der Waals surface area contributed by atoms with Crippen LogP contribution in [0, 0.1) is 6.92 Å². The maximum Gasteiger partial charge on any atom is 0.261 e. The molecule has 8 heteroatoms. The normalized spacial score (nSPS) is 16.3. The Kier molecular flexibility index (Phi) is 5.84. The lowest BCUT2D eigenvalue weighted by Gasteiger charge is -2.08. The molecule has 0 amide bonds. The van der Waals surface area contributed by atoms with Crippen LogP contribution in [-0.2, 0) is 11.3 Å². The van der Waals surface area contributed by atoms with E-state index in [1.54, 1.807) is 0 Å². The number of aromatic amines is 1. The van der Waals surface area contributed by atoms with Gasteiger partial charge in [0, 0.05) is 24.6 Å². The number of benzene rings is 1. The molecule has 1 saturated heterocycles. The first-order chi connectivity index (χ1) is 9.65. The van der Waals surface area contributed by atoms with Crippen molar-refractivity contribution in [3.8, 4) is 0 Å². The van der Waals surface area contributed by atoms with Gasteiger partial charge in [-0.3, -0.25) is 9.27 Å². The number of hydrogen-bond acceptors (Lipinski definition) is 4. The average molecular weight is 314 g/mol. The van der Waals surface area contributed by atoms with Gasteiger partial charge < -0.3 is 10.3 Å². The van der Waals surface area contributed by atoms with Gasteiger partial charge in [-0.1, -0.05) is 6.07 Å². The molecule has 1 aliphatic heterocycles. The number of H-pyrrole nitrogens is 1. The molecule has 1 atom stereocenters. The van der Waals surface area contributed by atoms with E-state index in [0.29, 0.717) is 5.95 Å². The van der Waals surface area contributed by atoms with Crippen LogP contribution in [0.25, 0.3) is 11.0 Å². The van der Waals surface area contributed by atoms with Crippen LogP contribution >= 0.6 is 11.8 Å². The predicted molar refractivity (Wildman–Crippen MR) is 85.4 cm³/mol. The van der Waals surface area contributed by atoms with Crippen LogP contribution in [0.1, 0.15) is 5.56 Å². The Bertz CT molecular complexity index is 572. The number of aromatic nitrogens is 2. The van der Waals surface area contributed by atoms with Crippen LogP contribution in [0.5, 0.6) is 0 Å². The lowest BCUT2D eigenvalue weighted by Crippen LogP contribution is -2.24. The van der Waals surface area contributed by atoms with Gasteiger partial charge in [0.2, 0.25) is 5.95 Å². The van der Waals surface area contributed by atoms with E-state index in [4.69, 9.17) is 4.55 Å². The first kappa shape index (κ1) is 15.3. The molecule has 1 aromatic carbocycles. The summed E-state index contributed by atoms with van der Waals surface area (Å²) >= 11 is -0.0599. The van der Waals surface area contributed by atoms with Gasteiger partial charge in [0.1, 0.15) is 0 Å². The minimum Gasteiger partial charge on any atom is -0.323 e. The molecule has 6 nitrogen and oxygen atoms in total. The lowest BCUT2D eigenvalue weighted by atomic mass is 10.2. The standard InChI is InChI=1S/C8H9N3O2S.C4H9NS/c1-5-2-3-6-7(4-5)10-8(9-6)11-14(12)13;1-3-6-4-2-5-1/h2-4H,1H3,(H,12,13)(H2,9,10,11);5H,1-4H2. The van der Waals surface area contributed by atoms with E-state index in [1.165, 1.54) is 24.6 Å². The van der Waals surface area contributed by atoms with Crippen molar-refractivity contribution in [2.45, 2.75) is 6.92 Å². The minimum atomic E-state index is -2.09. The third kappa shape index (κ3) is 4.78. The second-order valence-electron chi connectivity index (χ2n) is 4.32. The summed E-state index contributed by atoms with van der Waals surface area (Å²) in [6.07, 6.45) is 0. The molecular formula is C12H18N4O2S2. The summed E-state index contributed by atoms with van der Waals surface area (Å²) in [5.74, 6) is 2.91. The van der Waals surface area contributed by atoms with Gasteiger partial charge in [-0.25, -0.2) is 9.19 Å². The number of fused-ring (bicyclic) bond motifs is 1. The molecule has 20 heavy (non-hydrogen) atoms. The smallest absolute Gasteiger partial charge is 0.261 e. The Hall–Kier alpha value is -1.09. The third-order valence-electron chi connectivity index (χ3n) is 2.67. The first-order valence-corrected chi connectivity index (χ1v) is 8.53. The van der Waals surface area contributed by atoms with E-state index in [2.05, 4.69) is 20.0 Å². The van der Waals surface area contributed by atoms with Crippen molar-refractivity contribution in [1.29, 1.82) is 0 Å². The van der Waals surface area contributed by atoms with Crippen LogP contribution in [0.4, 0.5) is 5.95 Å². The van der Waals surface area contributed by atoms with Crippen LogP contribution in [0.3, 0.4) is 0 Å². The molecule has 0 spiro atoms. The number of nitrogens with zero attached hydrogens (tertiary/aromatic N) is 1. The maximum absolute atomic E-state index is 10.5. The van der Waals surface area contributed by atoms with E-state index in [-0.39, 0.29) is 0 Å². The highest BCUT2D eigenvalue weighted by molar-refractivity contribution is 7.99. The summed E-state index contributed by atoms with van der Waals surface area (Å²) in [5, 5.41) is 3.26.